The van der Waals surface area contributed by atoms with Crippen LogP contribution in [-0.2, 0) is 15.0 Å². The van der Waals surface area contributed by atoms with Crippen LogP contribution in [-0.4, -0.2) is 92.9 Å². The molecule has 2 N–H and O–H groups in total. The summed E-state index contributed by atoms with van der Waals surface area (Å²) < 4.78 is 38.9. The fourth-order valence-corrected chi connectivity index (χ4v) is 5.09. The smallest absolute Gasteiger partial charge is 0.325 e. The molecule has 0 atom stereocenters. The molecular weight excluding hydrogens is 426 g/mol. The van der Waals surface area contributed by atoms with Gasteiger partial charge in [0.05, 0.1) is 6.54 Å². The van der Waals surface area contributed by atoms with Gasteiger partial charge in [-0.05, 0) is 12.1 Å². The highest BCUT2D eigenvalue weighted by Crippen LogP contribution is 2.32. The van der Waals surface area contributed by atoms with Crippen molar-refractivity contribution in [3.05, 3.63) is 18.2 Å². The van der Waals surface area contributed by atoms with Crippen molar-refractivity contribution in [3.63, 3.8) is 0 Å². The molecule has 0 saturated carbocycles. The average Bonchev–Trinajstić information content (AvgIpc) is 2.74. The van der Waals surface area contributed by atoms with Crippen molar-refractivity contribution in [2.75, 3.05) is 64.3 Å². The third kappa shape index (κ3) is 5.85. The summed E-state index contributed by atoms with van der Waals surface area (Å²) in [7, 11) is -3.48. The standard InChI is InChI=1S/C19H29N5O6S/c1-3-23(4-2)31(27,28)24-9-7-22(8-10-24)14-18(25)21-19(26)20-15-5-6-16-17(13-15)30-12-11-29-16/h5-6,13H,3-4,7-12,14H2,1-2H3,(H2,20,21,25,26). The first-order valence-corrected chi connectivity index (χ1v) is 11.7. The lowest BCUT2D eigenvalue weighted by atomic mass is 10.2. The molecule has 2 aliphatic heterocycles. The van der Waals surface area contributed by atoms with Crippen molar-refractivity contribution in [3.8, 4) is 11.5 Å². The van der Waals surface area contributed by atoms with Crippen LogP contribution in [0.15, 0.2) is 18.2 Å². The Morgan fingerprint density at radius 3 is 2.32 bits per heavy atom. The maximum atomic E-state index is 12.6. The molecular formula is C19H29N5O6S. The first-order chi connectivity index (χ1) is 14.8. The predicted octanol–water partition coefficient (Wildman–Crippen LogP) is 0.310. The van der Waals surface area contributed by atoms with E-state index in [9.17, 15) is 18.0 Å². The zero-order valence-corrected chi connectivity index (χ0v) is 18.6. The first-order valence-electron chi connectivity index (χ1n) is 10.3. The van der Waals surface area contributed by atoms with E-state index in [1.807, 2.05) is 4.90 Å². The Morgan fingerprint density at radius 1 is 1.03 bits per heavy atom. The number of piperazine rings is 1. The fraction of sp³-hybridized carbons (Fsp3) is 0.579. The lowest BCUT2D eigenvalue weighted by Crippen LogP contribution is -2.54. The van der Waals surface area contributed by atoms with Crippen LogP contribution in [0.2, 0.25) is 0 Å². The van der Waals surface area contributed by atoms with Crippen LogP contribution in [0.1, 0.15) is 13.8 Å². The molecule has 0 radical (unpaired) electrons. The van der Waals surface area contributed by atoms with Gasteiger partial charge in [-0.1, -0.05) is 13.8 Å². The molecule has 0 aliphatic carbocycles. The minimum atomic E-state index is -3.48. The molecule has 3 rings (SSSR count). The van der Waals surface area contributed by atoms with E-state index in [4.69, 9.17) is 9.47 Å². The molecule has 172 valence electrons. The number of ether oxygens (including phenoxy) is 2. The summed E-state index contributed by atoms with van der Waals surface area (Å²) >= 11 is 0. The quantitative estimate of drug-likeness (QED) is 0.607. The molecule has 0 unspecified atom stereocenters. The van der Waals surface area contributed by atoms with E-state index in [0.717, 1.165) is 0 Å². The largest absolute Gasteiger partial charge is 0.486 e. The zero-order valence-electron chi connectivity index (χ0n) is 17.8. The molecule has 12 heteroatoms. The number of carbonyl (C=O) groups is 2. The maximum Gasteiger partial charge on any atom is 0.325 e. The number of hydrogen-bond donors (Lipinski definition) is 2. The Morgan fingerprint density at radius 2 is 1.68 bits per heavy atom. The topological polar surface area (TPSA) is 121 Å². The van der Waals surface area contributed by atoms with Gasteiger partial charge in [0.1, 0.15) is 13.2 Å². The second kappa shape index (κ2) is 10.3. The van der Waals surface area contributed by atoms with E-state index in [1.165, 1.54) is 8.61 Å². The number of hydrogen-bond acceptors (Lipinski definition) is 7. The van der Waals surface area contributed by atoms with Gasteiger partial charge in [-0.3, -0.25) is 15.0 Å². The van der Waals surface area contributed by atoms with Crippen LogP contribution in [0, 0.1) is 0 Å². The normalized spacial score (nSPS) is 17.4. The van der Waals surface area contributed by atoms with Crippen LogP contribution < -0.4 is 20.1 Å². The Balaban J connectivity index is 1.44. The second-order valence-electron chi connectivity index (χ2n) is 7.13. The number of nitrogens with one attached hydrogen (secondary N) is 2. The van der Waals surface area contributed by atoms with Gasteiger partial charge in [0.15, 0.2) is 11.5 Å². The molecule has 1 aromatic carbocycles. The number of carbonyl (C=O) groups excluding carboxylic acids is 2. The predicted molar refractivity (Wildman–Crippen MR) is 114 cm³/mol. The lowest BCUT2D eigenvalue weighted by Gasteiger charge is -2.35. The number of urea groups is 1. The van der Waals surface area contributed by atoms with E-state index in [-0.39, 0.29) is 6.54 Å². The first kappa shape index (κ1) is 23.3. The third-order valence-electron chi connectivity index (χ3n) is 5.11. The van der Waals surface area contributed by atoms with Crippen molar-refractivity contribution < 1.29 is 27.5 Å². The van der Waals surface area contributed by atoms with Gasteiger partial charge >= 0.3 is 6.03 Å². The molecule has 1 aromatic rings. The van der Waals surface area contributed by atoms with E-state index in [2.05, 4.69) is 10.6 Å². The highest BCUT2D eigenvalue weighted by Gasteiger charge is 2.31. The van der Waals surface area contributed by atoms with Crippen molar-refractivity contribution >= 4 is 27.8 Å². The molecule has 0 aromatic heterocycles. The Hall–Kier alpha value is -2.41. The number of rotatable bonds is 7. The summed E-state index contributed by atoms with van der Waals surface area (Å²) in [6.07, 6.45) is 0. The van der Waals surface area contributed by atoms with Crippen molar-refractivity contribution in [1.29, 1.82) is 0 Å². The van der Waals surface area contributed by atoms with Crippen LogP contribution >= 0.6 is 0 Å². The Kier molecular flexibility index (Phi) is 7.70. The van der Waals surface area contributed by atoms with Crippen molar-refractivity contribution in [2.45, 2.75) is 13.8 Å². The van der Waals surface area contributed by atoms with Gasteiger partial charge < -0.3 is 14.8 Å². The van der Waals surface area contributed by atoms with Gasteiger partial charge in [-0.15, -0.1) is 0 Å². The summed E-state index contributed by atoms with van der Waals surface area (Å²) in [5.74, 6) is 0.679. The Labute approximate surface area is 182 Å². The number of nitrogens with zero attached hydrogens (tertiary/aromatic N) is 3. The van der Waals surface area contributed by atoms with E-state index >= 15 is 0 Å². The van der Waals surface area contributed by atoms with Crippen LogP contribution in [0.25, 0.3) is 0 Å². The molecule has 3 amide bonds. The number of anilines is 1. The number of imide groups is 1. The van der Waals surface area contributed by atoms with E-state index in [1.54, 1.807) is 32.0 Å². The molecule has 11 nitrogen and oxygen atoms in total. The van der Waals surface area contributed by atoms with Gasteiger partial charge in [0.2, 0.25) is 5.91 Å². The minimum absolute atomic E-state index is 0.00766. The molecule has 1 saturated heterocycles. The fourth-order valence-electron chi connectivity index (χ4n) is 3.48. The number of amides is 3. The summed E-state index contributed by atoms with van der Waals surface area (Å²) in [4.78, 5) is 26.2. The molecule has 2 heterocycles. The SMILES string of the molecule is CCN(CC)S(=O)(=O)N1CCN(CC(=O)NC(=O)Nc2ccc3c(c2)OCCO3)CC1. The monoisotopic (exact) mass is 455 g/mol. The lowest BCUT2D eigenvalue weighted by molar-refractivity contribution is -0.121. The number of fused-ring (bicyclic) bond motifs is 1. The summed E-state index contributed by atoms with van der Waals surface area (Å²) in [6.45, 7) is 6.79. The molecule has 0 spiro atoms. The van der Waals surface area contributed by atoms with Gasteiger partial charge in [-0.2, -0.15) is 17.0 Å². The van der Waals surface area contributed by atoms with Gasteiger partial charge in [0.25, 0.3) is 10.2 Å². The third-order valence-corrected chi connectivity index (χ3v) is 7.30. The summed E-state index contributed by atoms with van der Waals surface area (Å²) in [5, 5.41) is 4.89. The zero-order chi connectivity index (χ0) is 22.4. The van der Waals surface area contributed by atoms with E-state index in [0.29, 0.717) is 69.7 Å². The van der Waals surface area contributed by atoms with Crippen LogP contribution in [0.4, 0.5) is 10.5 Å². The number of benzene rings is 1. The molecule has 31 heavy (non-hydrogen) atoms. The van der Waals surface area contributed by atoms with Crippen LogP contribution in [0.3, 0.4) is 0 Å². The minimum Gasteiger partial charge on any atom is -0.486 e. The summed E-state index contributed by atoms with van der Waals surface area (Å²) in [6, 6.07) is 4.34. The Bertz CT molecular complexity index is 897. The van der Waals surface area contributed by atoms with Gasteiger partial charge in [-0.25, -0.2) is 4.79 Å². The van der Waals surface area contributed by atoms with E-state index < -0.39 is 22.1 Å². The average molecular weight is 456 g/mol. The molecule has 0 bridgehead atoms. The van der Waals surface area contributed by atoms with Crippen LogP contribution in [0.5, 0.6) is 11.5 Å². The van der Waals surface area contributed by atoms with Crippen molar-refractivity contribution in [1.82, 2.24) is 18.8 Å². The highest BCUT2D eigenvalue weighted by atomic mass is 32.2. The second-order valence-corrected chi connectivity index (χ2v) is 9.06. The van der Waals surface area contributed by atoms with Gasteiger partial charge in [0, 0.05) is 51.0 Å². The molecule has 1 fully saturated rings. The summed E-state index contributed by atoms with van der Waals surface area (Å²) in [5.41, 5.74) is 0.477. The maximum absolute atomic E-state index is 12.6. The highest BCUT2D eigenvalue weighted by molar-refractivity contribution is 7.86. The van der Waals surface area contributed by atoms with Crippen molar-refractivity contribution in [2.24, 2.45) is 0 Å². The molecule has 2 aliphatic rings.